The second-order valence-electron chi connectivity index (χ2n) is 3.45. The van der Waals surface area contributed by atoms with Crippen LogP contribution in [0.2, 0.25) is 5.22 Å². The summed E-state index contributed by atoms with van der Waals surface area (Å²) in [4.78, 5) is 0. The maximum atomic E-state index is 5.87. The number of furan rings is 1. The van der Waals surface area contributed by atoms with Crippen LogP contribution in [0, 0.1) is 0 Å². The van der Waals surface area contributed by atoms with Crippen molar-refractivity contribution in [2.75, 3.05) is 12.8 Å². The van der Waals surface area contributed by atoms with Crippen molar-refractivity contribution in [1.82, 2.24) is 0 Å². The van der Waals surface area contributed by atoms with Gasteiger partial charge >= 0.3 is 0 Å². The summed E-state index contributed by atoms with van der Waals surface area (Å²) in [5, 5.41) is 0.386. The lowest BCUT2D eigenvalue weighted by Gasteiger charge is -2.06. The molecule has 0 bridgehead atoms. The Morgan fingerprint density at radius 1 is 1.31 bits per heavy atom. The summed E-state index contributed by atoms with van der Waals surface area (Å²) in [5.41, 5.74) is 7.55. The summed E-state index contributed by atoms with van der Waals surface area (Å²) >= 11 is 5.70. The van der Waals surface area contributed by atoms with Crippen LogP contribution in [0.4, 0.5) is 5.69 Å². The Hall–Kier alpha value is -1.61. The number of anilines is 1. The monoisotopic (exact) mass is 237 g/mol. The van der Waals surface area contributed by atoms with Crippen molar-refractivity contribution in [3.8, 4) is 5.75 Å². The van der Waals surface area contributed by atoms with Crippen LogP contribution in [0.15, 0.2) is 34.7 Å². The number of methoxy groups -OCH3 is 1. The van der Waals surface area contributed by atoms with Crippen LogP contribution in [-0.2, 0) is 6.42 Å². The molecule has 2 N–H and O–H groups in total. The number of nitrogens with two attached hydrogens (primary N) is 1. The summed E-state index contributed by atoms with van der Waals surface area (Å²) in [6.45, 7) is 0. The second-order valence-corrected chi connectivity index (χ2v) is 3.82. The molecule has 0 spiro atoms. The van der Waals surface area contributed by atoms with Crippen molar-refractivity contribution in [3.05, 3.63) is 46.9 Å². The van der Waals surface area contributed by atoms with Crippen molar-refractivity contribution >= 4 is 17.3 Å². The minimum Gasteiger partial charge on any atom is -0.497 e. The molecule has 3 nitrogen and oxygen atoms in total. The summed E-state index contributed by atoms with van der Waals surface area (Å²) < 4.78 is 10.4. The van der Waals surface area contributed by atoms with E-state index < -0.39 is 0 Å². The molecule has 0 amide bonds. The van der Waals surface area contributed by atoms with Crippen molar-refractivity contribution in [1.29, 1.82) is 0 Å². The first kappa shape index (κ1) is 10.9. The maximum Gasteiger partial charge on any atom is 0.193 e. The van der Waals surface area contributed by atoms with E-state index in [1.54, 1.807) is 13.2 Å². The fraction of sp³-hybridized carbons (Fsp3) is 0.167. The third-order valence-corrected chi connectivity index (χ3v) is 2.55. The van der Waals surface area contributed by atoms with Gasteiger partial charge in [0.2, 0.25) is 0 Å². The highest BCUT2D eigenvalue weighted by molar-refractivity contribution is 6.28. The molecule has 0 atom stereocenters. The zero-order valence-electron chi connectivity index (χ0n) is 8.87. The van der Waals surface area contributed by atoms with Crippen LogP contribution < -0.4 is 10.5 Å². The van der Waals surface area contributed by atoms with E-state index in [4.69, 9.17) is 26.5 Å². The first-order chi connectivity index (χ1) is 7.69. The highest BCUT2D eigenvalue weighted by Gasteiger charge is 2.06. The molecule has 0 aliphatic rings. The molecule has 0 radical (unpaired) electrons. The van der Waals surface area contributed by atoms with Crippen LogP contribution in [0.1, 0.15) is 11.3 Å². The van der Waals surface area contributed by atoms with Crippen molar-refractivity contribution in [2.24, 2.45) is 0 Å². The number of rotatable bonds is 3. The molecule has 0 aliphatic carbocycles. The molecule has 84 valence electrons. The van der Waals surface area contributed by atoms with Gasteiger partial charge in [-0.05, 0) is 47.5 Å². The molecule has 1 aromatic carbocycles. The van der Waals surface area contributed by atoms with Crippen LogP contribution in [-0.4, -0.2) is 7.11 Å². The lowest BCUT2D eigenvalue weighted by atomic mass is 10.1. The van der Waals surface area contributed by atoms with E-state index >= 15 is 0 Å². The van der Waals surface area contributed by atoms with E-state index in [0.717, 1.165) is 17.1 Å². The highest BCUT2D eigenvalue weighted by atomic mass is 35.5. The Balaban J connectivity index is 2.26. The molecule has 0 fully saturated rings. The number of benzene rings is 1. The average Bonchev–Trinajstić information content (AvgIpc) is 2.67. The van der Waals surface area contributed by atoms with Crippen LogP contribution in [0.3, 0.4) is 0 Å². The maximum absolute atomic E-state index is 5.87. The van der Waals surface area contributed by atoms with Gasteiger partial charge in [-0.3, -0.25) is 0 Å². The minimum absolute atomic E-state index is 0.386. The van der Waals surface area contributed by atoms with Crippen molar-refractivity contribution < 1.29 is 9.15 Å². The number of halogens is 1. The van der Waals surface area contributed by atoms with E-state index in [2.05, 4.69) is 0 Å². The lowest BCUT2D eigenvalue weighted by molar-refractivity contribution is 0.414. The normalized spacial score (nSPS) is 10.4. The van der Waals surface area contributed by atoms with Gasteiger partial charge in [-0.1, -0.05) is 0 Å². The largest absolute Gasteiger partial charge is 0.497 e. The molecule has 1 aromatic heterocycles. The van der Waals surface area contributed by atoms with Crippen molar-refractivity contribution in [2.45, 2.75) is 6.42 Å². The lowest BCUT2D eigenvalue weighted by Crippen LogP contribution is -1.96. The number of hydrogen-bond acceptors (Lipinski definition) is 3. The smallest absolute Gasteiger partial charge is 0.193 e. The zero-order valence-corrected chi connectivity index (χ0v) is 9.62. The molecule has 0 aliphatic heterocycles. The predicted octanol–water partition coefficient (Wildman–Crippen LogP) is 3.11. The van der Waals surface area contributed by atoms with Crippen LogP contribution in [0.5, 0.6) is 5.75 Å². The number of hydrogen-bond donors (Lipinski definition) is 1. The van der Waals surface area contributed by atoms with Gasteiger partial charge in [-0.2, -0.15) is 0 Å². The summed E-state index contributed by atoms with van der Waals surface area (Å²) in [5.74, 6) is 1.56. The predicted molar refractivity (Wildman–Crippen MR) is 63.9 cm³/mol. The van der Waals surface area contributed by atoms with Crippen LogP contribution in [0.25, 0.3) is 0 Å². The van der Waals surface area contributed by atoms with Gasteiger partial charge in [0.1, 0.15) is 11.5 Å². The minimum atomic E-state index is 0.386. The molecule has 2 rings (SSSR count). The Kier molecular flexibility index (Phi) is 3.06. The molecular formula is C12H12ClNO2. The van der Waals surface area contributed by atoms with Gasteiger partial charge in [0.05, 0.1) is 7.11 Å². The Morgan fingerprint density at radius 2 is 2.12 bits per heavy atom. The second kappa shape index (κ2) is 4.49. The molecule has 4 heteroatoms. The van der Waals surface area contributed by atoms with Gasteiger partial charge in [0, 0.05) is 12.1 Å². The zero-order chi connectivity index (χ0) is 11.5. The number of ether oxygens (including phenoxy) is 1. The summed E-state index contributed by atoms with van der Waals surface area (Å²) in [7, 11) is 1.62. The molecule has 16 heavy (non-hydrogen) atoms. The average molecular weight is 238 g/mol. The molecule has 0 saturated carbocycles. The first-order valence-electron chi connectivity index (χ1n) is 4.85. The number of nitrogen functional groups attached to an aromatic ring is 1. The summed E-state index contributed by atoms with van der Waals surface area (Å²) in [6.07, 6.45) is 0.607. The standard InChI is InChI=1S/C12H12ClNO2/c1-15-9-2-4-11(14)8(6-9)7-10-3-5-12(13)16-10/h2-6H,7,14H2,1H3. The van der Waals surface area contributed by atoms with Gasteiger partial charge in [-0.15, -0.1) is 0 Å². The van der Waals surface area contributed by atoms with E-state index in [1.807, 2.05) is 24.3 Å². The van der Waals surface area contributed by atoms with Gasteiger partial charge in [0.15, 0.2) is 5.22 Å². The van der Waals surface area contributed by atoms with Gasteiger partial charge in [-0.25, -0.2) is 0 Å². The Labute approximate surface area is 98.8 Å². The third kappa shape index (κ3) is 2.31. The molecule has 0 unspecified atom stereocenters. The van der Waals surface area contributed by atoms with E-state index in [0.29, 0.717) is 17.3 Å². The molecular weight excluding hydrogens is 226 g/mol. The quantitative estimate of drug-likeness (QED) is 0.835. The molecule has 2 aromatic rings. The van der Waals surface area contributed by atoms with Crippen molar-refractivity contribution in [3.63, 3.8) is 0 Å². The fourth-order valence-electron chi connectivity index (χ4n) is 1.50. The molecule has 0 saturated heterocycles. The highest BCUT2D eigenvalue weighted by Crippen LogP contribution is 2.24. The topological polar surface area (TPSA) is 48.4 Å². The van der Waals surface area contributed by atoms with Crippen LogP contribution >= 0.6 is 11.6 Å². The Morgan fingerprint density at radius 3 is 2.75 bits per heavy atom. The SMILES string of the molecule is COc1ccc(N)c(Cc2ccc(Cl)o2)c1. The summed E-state index contributed by atoms with van der Waals surface area (Å²) in [6, 6.07) is 9.09. The van der Waals surface area contributed by atoms with E-state index in [-0.39, 0.29) is 0 Å². The first-order valence-corrected chi connectivity index (χ1v) is 5.23. The third-order valence-electron chi connectivity index (χ3n) is 2.34. The van der Waals surface area contributed by atoms with Gasteiger partial charge < -0.3 is 14.9 Å². The van der Waals surface area contributed by atoms with E-state index in [1.165, 1.54) is 0 Å². The van der Waals surface area contributed by atoms with Gasteiger partial charge in [0.25, 0.3) is 0 Å². The Bertz CT molecular complexity index is 494. The van der Waals surface area contributed by atoms with E-state index in [9.17, 15) is 0 Å². The fourth-order valence-corrected chi connectivity index (χ4v) is 1.66. The molecule has 1 heterocycles.